The second-order valence-electron chi connectivity index (χ2n) is 7.70. The lowest BCUT2D eigenvalue weighted by atomic mass is 9.85. The van der Waals surface area contributed by atoms with Crippen LogP contribution >= 0.6 is 0 Å². The molecule has 0 aliphatic carbocycles. The number of allylic oxidation sites excluding steroid dienone is 1. The molecular formula is C25H22F2O2. The van der Waals surface area contributed by atoms with Crippen molar-refractivity contribution in [2.45, 2.75) is 32.8 Å². The molecule has 1 N–H and O–H groups in total. The van der Waals surface area contributed by atoms with E-state index in [1.807, 2.05) is 31.2 Å². The van der Waals surface area contributed by atoms with Gasteiger partial charge in [-0.1, -0.05) is 38.1 Å². The first-order valence-electron chi connectivity index (χ1n) is 9.60. The van der Waals surface area contributed by atoms with Gasteiger partial charge in [0, 0.05) is 23.3 Å². The maximum absolute atomic E-state index is 14.0. The number of ether oxygens (including phenoxy) is 1. The number of rotatable bonds is 3. The number of phenols is 1. The minimum absolute atomic E-state index is 0.103. The van der Waals surface area contributed by atoms with Crippen LogP contribution in [0.3, 0.4) is 0 Å². The van der Waals surface area contributed by atoms with E-state index in [4.69, 9.17) is 4.74 Å². The third kappa shape index (κ3) is 3.63. The molecule has 0 aromatic heterocycles. The molecule has 0 amide bonds. The molecule has 3 aromatic carbocycles. The van der Waals surface area contributed by atoms with Gasteiger partial charge >= 0.3 is 0 Å². The smallest absolute Gasteiger partial charge is 0.150 e. The number of benzene rings is 3. The van der Waals surface area contributed by atoms with Crippen LogP contribution in [0.2, 0.25) is 0 Å². The van der Waals surface area contributed by atoms with Crippen molar-refractivity contribution in [2.24, 2.45) is 0 Å². The molecule has 1 unspecified atom stereocenters. The Bertz CT molecular complexity index is 1080. The first kappa shape index (κ1) is 19.2. The fourth-order valence-electron chi connectivity index (χ4n) is 3.81. The van der Waals surface area contributed by atoms with Crippen molar-refractivity contribution >= 4 is 11.1 Å². The minimum Gasteiger partial charge on any atom is -0.508 e. The first-order chi connectivity index (χ1) is 13.8. The molecule has 1 heterocycles. The highest BCUT2D eigenvalue weighted by atomic mass is 19.1. The molecule has 3 aromatic rings. The normalized spacial score (nSPS) is 16.0. The van der Waals surface area contributed by atoms with E-state index in [0.717, 1.165) is 22.8 Å². The SMILES string of the molecule is CC1=C(c2cc(F)cc(F)c2)C(c2ccc(C(C)C)cc2)Oc2cc(O)ccc21. The van der Waals surface area contributed by atoms with E-state index in [1.165, 1.54) is 17.7 Å². The second-order valence-corrected chi connectivity index (χ2v) is 7.70. The van der Waals surface area contributed by atoms with Gasteiger partial charge in [-0.3, -0.25) is 0 Å². The molecular weight excluding hydrogens is 370 g/mol. The van der Waals surface area contributed by atoms with E-state index in [9.17, 15) is 13.9 Å². The van der Waals surface area contributed by atoms with Crippen LogP contribution in [0.25, 0.3) is 11.1 Å². The lowest BCUT2D eigenvalue weighted by Crippen LogP contribution is -2.16. The standard InChI is InChI=1S/C25H22F2O2/c1-14(2)16-4-6-17(7-5-16)25-24(18-10-19(26)12-20(27)11-18)15(3)22-9-8-21(28)13-23(22)29-25/h4-14,25,28H,1-3H3. The lowest BCUT2D eigenvalue weighted by Gasteiger charge is -2.31. The number of phenolic OH excluding ortho intramolecular Hbond substituents is 1. The average molecular weight is 392 g/mol. The summed E-state index contributed by atoms with van der Waals surface area (Å²) in [6.45, 7) is 6.15. The Morgan fingerprint density at radius 2 is 1.55 bits per heavy atom. The zero-order chi connectivity index (χ0) is 20.7. The van der Waals surface area contributed by atoms with Crippen LogP contribution < -0.4 is 4.74 Å². The van der Waals surface area contributed by atoms with Crippen molar-refractivity contribution < 1.29 is 18.6 Å². The van der Waals surface area contributed by atoms with Crippen LogP contribution in [0.1, 0.15) is 55.0 Å². The van der Waals surface area contributed by atoms with Crippen LogP contribution in [0, 0.1) is 11.6 Å². The quantitative estimate of drug-likeness (QED) is 0.528. The van der Waals surface area contributed by atoms with Crippen molar-refractivity contribution in [2.75, 3.05) is 0 Å². The van der Waals surface area contributed by atoms with Gasteiger partial charge in [0.25, 0.3) is 0 Å². The molecule has 4 heteroatoms. The molecule has 0 saturated heterocycles. The molecule has 1 atom stereocenters. The summed E-state index contributed by atoms with van der Waals surface area (Å²) < 4.78 is 34.2. The Morgan fingerprint density at radius 3 is 2.17 bits per heavy atom. The fraction of sp³-hybridized carbons (Fsp3) is 0.200. The van der Waals surface area contributed by atoms with Crippen molar-refractivity contribution in [1.82, 2.24) is 0 Å². The van der Waals surface area contributed by atoms with Gasteiger partial charge in [-0.2, -0.15) is 0 Å². The third-order valence-corrected chi connectivity index (χ3v) is 5.36. The van der Waals surface area contributed by atoms with Crippen molar-refractivity contribution in [3.05, 3.63) is 94.6 Å². The molecule has 2 nitrogen and oxygen atoms in total. The second kappa shape index (κ2) is 7.36. The number of aromatic hydroxyl groups is 1. The van der Waals surface area contributed by atoms with Gasteiger partial charge in [-0.15, -0.1) is 0 Å². The molecule has 148 valence electrons. The zero-order valence-corrected chi connectivity index (χ0v) is 16.5. The van der Waals surface area contributed by atoms with Crippen molar-refractivity contribution in [3.8, 4) is 11.5 Å². The average Bonchev–Trinajstić information content (AvgIpc) is 2.66. The molecule has 0 spiro atoms. The molecule has 0 radical (unpaired) electrons. The molecule has 1 aliphatic heterocycles. The van der Waals surface area contributed by atoms with E-state index in [2.05, 4.69) is 13.8 Å². The Balaban J connectivity index is 1.91. The third-order valence-electron chi connectivity index (χ3n) is 5.36. The summed E-state index contributed by atoms with van der Waals surface area (Å²) in [6.07, 6.45) is -0.549. The lowest BCUT2D eigenvalue weighted by molar-refractivity contribution is 0.259. The number of hydrogen-bond acceptors (Lipinski definition) is 2. The number of fused-ring (bicyclic) bond motifs is 1. The van der Waals surface area contributed by atoms with Crippen LogP contribution in [0.15, 0.2) is 60.7 Å². The predicted octanol–water partition coefficient (Wildman–Crippen LogP) is 6.86. The molecule has 4 rings (SSSR count). The van der Waals surface area contributed by atoms with Gasteiger partial charge in [0.15, 0.2) is 0 Å². The summed E-state index contributed by atoms with van der Waals surface area (Å²) >= 11 is 0. The first-order valence-corrected chi connectivity index (χ1v) is 9.60. The molecule has 29 heavy (non-hydrogen) atoms. The van der Waals surface area contributed by atoms with E-state index < -0.39 is 17.7 Å². The van der Waals surface area contributed by atoms with Crippen molar-refractivity contribution in [3.63, 3.8) is 0 Å². The van der Waals surface area contributed by atoms with Crippen LogP contribution in [0.4, 0.5) is 8.78 Å². The highest BCUT2D eigenvalue weighted by Gasteiger charge is 2.30. The Labute approximate surface area is 169 Å². The highest BCUT2D eigenvalue weighted by Crippen LogP contribution is 2.47. The monoisotopic (exact) mass is 392 g/mol. The Kier molecular flexibility index (Phi) is 4.87. The summed E-state index contributed by atoms with van der Waals surface area (Å²) in [5.41, 5.74) is 4.87. The summed E-state index contributed by atoms with van der Waals surface area (Å²) in [4.78, 5) is 0. The Morgan fingerprint density at radius 1 is 0.897 bits per heavy atom. The summed E-state index contributed by atoms with van der Waals surface area (Å²) in [5.74, 6) is -0.230. The fourth-order valence-corrected chi connectivity index (χ4v) is 3.81. The topological polar surface area (TPSA) is 29.5 Å². The van der Waals surface area contributed by atoms with Gasteiger partial charge in [0.1, 0.15) is 29.2 Å². The van der Waals surface area contributed by atoms with Gasteiger partial charge in [0.2, 0.25) is 0 Å². The molecule has 0 bridgehead atoms. The van der Waals surface area contributed by atoms with Crippen LogP contribution in [0.5, 0.6) is 11.5 Å². The van der Waals surface area contributed by atoms with Crippen molar-refractivity contribution in [1.29, 1.82) is 0 Å². The number of halogens is 2. The molecule has 0 fully saturated rings. The maximum atomic E-state index is 14.0. The van der Waals surface area contributed by atoms with E-state index in [-0.39, 0.29) is 5.75 Å². The van der Waals surface area contributed by atoms with Gasteiger partial charge in [-0.05, 0) is 59.4 Å². The molecule has 0 saturated carbocycles. The number of hydrogen-bond donors (Lipinski definition) is 1. The predicted molar refractivity (Wildman–Crippen MR) is 111 cm³/mol. The van der Waals surface area contributed by atoms with Gasteiger partial charge in [0.05, 0.1) is 0 Å². The Hall–Kier alpha value is -3.14. The van der Waals surface area contributed by atoms with Crippen LogP contribution in [-0.4, -0.2) is 5.11 Å². The van der Waals surface area contributed by atoms with E-state index in [1.54, 1.807) is 18.2 Å². The van der Waals surface area contributed by atoms with Crippen LogP contribution in [-0.2, 0) is 0 Å². The largest absolute Gasteiger partial charge is 0.508 e. The van der Waals surface area contributed by atoms with Gasteiger partial charge < -0.3 is 9.84 Å². The molecule has 1 aliphatic rings. The minimum atomic E-state index is -0.634. The van der Waals surface area contributed by atoms with E-state index in [0.29, 0.717) is 22.8 Å². The summed E-state index contributed by atoms with van der Waals surface area (Å²) in [7, 11) is 0. The van der Waals surface area contributed by atoms with E-state index >= 15 is 0 Å². The van der Waals surface area contributed by atoms with Gasteiger partial charge in [-0.25, -0.2) is 8.78 Å². The maximum Gasteiger partial charge on any atom is 0.150 e. The summed E-state index contributed by atoms with van der Waals surface area (Å²) in [5, 5.41) is 9.89. The summed E-state index contributed by atoms with van der Waals surface area (Å²) in [6, 6.07) is 16.5. The zero-order valence-electron chi connectivity index (χ0n) is 16.5. The highest BCUT2D eigenvalue weighted by molar-refractivity contribution is 5.95.